The van der Waals surface area contributed by atoms with Gasteiger partial charge in [-0.15, -0.1) is 11.3 Å². The van der Waals surface area contributed by atoms with E-state index in [4.69, 9.17) is 9.47 Å². The van der Waals surface area contributed by atoms with Crippen LogP contribution in [0.2, 0.25) is 0 Å². The number of methoxy groups -OCH3 is 1. The summed E-state index contributed by atoms with van der Waals surface area (Å²) in [5.74, 6) is -0.466. The molecule has 3 rings (SSSR count). The summed E-state index contributed by atoms with van der Waals surface area (Å²) in [6, 6.07) is 16.6. The standard InChI is InChI=1S/C26H25N3O4S/c1-5-33-26(31)23-22(18-8-12-21(32-4)13-9-18)16-34-25(23)28-24(30)19(15-27)14-17-6-10-20(11-7-17)29(2)3/h6-14,16H,5H2,1-4H3,(H,28,30)/b19-14-. The van der Waals surface area contributed by atoms with Gasteiger partial charge in [0.1, 0.15) is 28.0 Å². The summed E-state index contributed by atoms with van der Waals surface area (Å²) in [5, 5.41) is 14.4. The van der Waals surface area contributed by atoms with Crippen molar-refractivity contribution in [3.8, 4) is 22.9 Å². The minimum atomic E-state index is -0.604. The Morgan fingerprint density at radius 3 is 2.35 bits per heavy atom. The Bertz CT molecular complexity index is 1240. The van der Waals surface area contributed by atoms with Gasteiger partial charge in [-0.05, 0) is 48.4 Å². The van der Waals surface area contributed by atoms with Crippen molar-refractivity contribution in [2.75, 3.05) is 38.0 Å². The number of nitrogens with one attached hydrogen (secondary N) is 1. The third-order valence-corrected chi connectivity index (χ3v) is 5.88. The largest absolute Gasteiger partial charge is 0.497 e. The highest BCUT2D eigenvalue weighted by Crippen LogP contribution is 2.37. The average Bonchev–Trinajstić information content (AvgIpc) is 3.26. The van der Waals surface area contributed by atoms with Gasteiger partial charge >= 0.3 is 5.97 Å². The van der Waals surface area contributed by atoms with E-state index in [1.165, 1.54) is 17.4 Å². The van der Waals surface area contributed by atoms with Crippen molar-refractivity contribution < 1.29 is 19.1 Å². The zero-order valence-corrected chi connectivity index (χ0v) is 20.2. The number of hydrogen-bond donors (Lipinski definition) is 1. The van der Waals surface area contributed by atoms with Gasteiger partial charge in [0.05, 0.1) is 13.7 Å². The lowest BCUT2D eigenvalue weighted by atomic mass is 10.0. The maximum Gasteiger partial charge on any atom is 0.341 e. The van der Waals surface area contributed by atoms with E-state index in [1.807, 2.05) is 61.5 Å². The topological polar surface area (TPSA) is 91.7 Å². The lowest BCUT2D eigenvalue weighted by Crippen LogP contribution is -2.16. The zero-order valence-electron chi connectivity index (χ0n) is 19.4. The quantitative estimate of drug-likeness (QED) is 0.273. The van der Waals surface area contributed by atoms with Gasteiger partial charge in [0.25, 0.3) is 5.91 Å². The normalized spacial score (nSPS) is 10.9. The molecule has 34 heavy (non-hydrogen) atoms. The third-order valence-electron chi connectivity index (χ3n) is 4.98. The minimum Gasteiger partial charge on any atom is -0.497 e. The second-order valence-corrected chi connectivity index (χ2v) is 8.29. The monoisotopic (exact) mass is 475 g/mol. The molecule has 0 aliphatic heterocycles. The van der Waals surface area contributed by atoms with Crippen LogP contribution in [0.15, 0.2) is 59.5 Å². The highest BCUT2D eigenvalue weighted by atomic mass is 32.1. The smallest absolute Gasteiger partial charge is 0.341 e. The van der Waals surface area contributed by atoms with Crippen molar-refractivity contribution in [3.63, 3.8) is 0 Å². The molecule has 0 spiro atoms. The molecule has 0 saturated heterocycles. The molecule has 0 radical (unpaired) electrons. The third kappa shape index (κ3) is 5.63. The highest BCUT2D eigenvalue weighted by molar-refractivity contribution is 7.15. The molecule has 0 bridgehead atoms. The average molecular weight is 476 g/mol. The molecule has 0 saturated carbocycles. The number of hydrogen-bond acceptors (Lipinski definition) is 7. The molecule has 1 heterocycles. The Kier molecular flexibility index (Phi) is 8.06. The number of esters is 1. The van der Waals surface area contributed by atoms with E-state index in [9.17, 15) is 14.9 Å². The van der Waals surface area contributed by atoms with E-state index >= 15 is 0 Å². The molecule has 0 unspecified atom stereocenters. The zero-order chi connectivity index (χ0) is 24.7. The first-order chi connectivity index (χ1) is 16.4. The first-order valence-corrected chi connectivity index (χ1v) is 11.4. The van der Waals surface area contributed by atoms with Crippen LogP contribution in [0.4, 0.5) is 10.7 Å². The summed E-state index contributed by atoms with van der Waals surface area (Å²) in [4.78, 5) is 27.6. The molecule has 0 aliphatic carbocycles. The van der Waals surface area contributed by atoms with Crippen molar-refractivity contribution in [3.05, 3.63) is 70.6 Å². The Labute approximate surface area is 202 Å². The van der Waals surface area contributed by atoms with E-state index < -0.39 is 11.9 Å². The Morgan fingerprint density at radius 2 is 1.79 bits per heavy atom. The van der Waals surface area contributed by atoms with E-state index in [2.05, 4.69) is 5.32 Å². The second-order valence-electron chi connectivity index (χ2n) is 7.41. The number of rotatable bonds is 8. The number of carbonyl (C=O) groups excluding carboxylic acids is 2. The number of benzene rings is 2. The summed E-state index contributed by atoms with van der Waals surface area (Å²) < 4.78 is 10.4. The van der Waals surface area contributed by atoms with Crippen molar-refractivity contribution in [2.24, 2.45) is 0 Å². The fourth-order valence-corrected chi connectivity index (χ4v) is 4.15. The number of nitrogens with zero attached hydrogens (tertiary/aromatic N) is 2. The van der Waals surface area contributed by atoms with E-state index in [1.54, 1.807) is 31.5 Å². The van der Waals surface area contributed by atoms with Crippen LogP contribution in [0.3, 0.4) is 0 Å². The first kappa shape index (κ1) is 24.6. The van der Waals surface area contributed by atoms with Crippen LogP contribution in [0.5, 0.6) is 5.75 Å². The molecule has 8 heteroatoms. The van der Waals surface area contributed by atoms with Crippen LogP contribution >= 0.6 is 11.3 Å². The molecule has 0 atom stereocenters. The molecular formula is C26H25N3O4S. The van der Waals surface area contributed by atoms with Crippen molar-refractivity contribution in [1.29, 1.82) is 5.26 Å². The van der Waals surface area contributed by atoms with Crippen LogP contribution in [-0.2, 0) is 9.53 Å². The molecule has 1 N–H and O–H groups in total. The maximum absolute atomic E-state index is 12.9. The van der Waals surface area contributed by atoms with Gasteiger partial charge < -0.3 is 19.7 Å². The van der Waals surface area contributed by atoms with Crippen LogP contribution in [0.25, 0.3) is 17.2 Å². The number of amides is 1. The molecule has 174 valence electrons. The number of ether oxygens (including phenoxy) is 2. The predicted octanol–water partition coefficient (Wildman–Crippen LogP) is 5.21. The fraction of sp³-hybridized carbons (Fsp3) is 0.192. The number of anilines is 2. The van der Waals surface area contributed by atoms with Gasteiger partial charge in [-0.25, -0.2) is 4.79 Å². The van der Waals surface area contributed by atoms with Crippen molar-refractivity contribution in [1.82, 2.24) is 0 Å². The van der Waals surface area contributed by atoms with Crippen LogP contribution in [0.1, 0.15) is 22.8 Å². The lowest BCUT2D eigenvalue weighted by Gasteiger charge is -2.12. The van der Waals surface area contributed by atoms with Crippen LogP contribution in [0, 0.1) is 11.3 Å². The van der Waals surface area contributed by atoms with E-state index in [0.717, 1.165) is 11.3 Å². The van der Waals surface area contributed by atoms with Gasteiger partial charge in [0.15, 0.2) is 0 Å². The Hall–Kier alpha value is -4.09. The maximum atomic E-state index is 12.9. The summed E-state index contributed by atoms with van der Waals surface area (Å²) in [7, 11) is 5.44. The van der Waals surface area contributed by atoms with Gasteiger partial charge in [0, 0.05) is 30.7 Å². The van der Waals surface area contributed by atoms with Crippen molar-refractivity contribution in [2.45, 2.75) is 6.92 Å². The lowest BCUT2D eigenvalue weighted by molar-refractivity contribution is -0.112. The predicted molar refractivity (Wildman–Crippen MR) is 135 cm³/mol. The summed E-state index contributed by atoms with van der Waals surface area (Å²) in [6.07, 6.45) is 1.51. The molecule has 1 amide bonds. The van der Waals surface area contributed by atoms with Gasteiger partial charge in [-0.3, -0.25) is 4.79 Å². The molecule has 0 fully saturated rings. The molecule has 0 aliphatic rings. The summed E-state index contributed by atoms with van der Waals surface area (Å²) in [6.45, 7) is 1.91. The van der Waals surface area contributed by atoms with Crippen molar-refractivity contribution >= 4 is 40.0 Å². The van der Waals surface area contributed by atoms with Gasteiger partial charge in [-0.1, -0.05) is 24.3 Å². The van der Waals surface area contributed by atoms with Crippen LogP contribution < -0.4 is 15.0 Å². The Balaban J connectivity index is 1.92. The van der Waals surface area contributed by atoms with Gasteiger partial charge in [0.2, 0.25) is 0 Å². The van der Waals surface area contributed by atoms with Gasteiger partial charge in [-0.2, -0.15) is 5.26 Å². The van der Waals surface area contributed by atoms with Crippen LogP contribution in [-0.4, -0.2) is 39.7 Å². The number of thiophene rings is 1. The second kappa shape index (κ2) is 11.2. The molecule has 7 nitrogen and oxygen atoms in total. The minimum absolute atomic E-state index is 0.0770. The molecule has 1 aromatic heterocycles. The molecular weight excluding hydrogens is 450 g/mol. The number of nitriles is 1. The fourth-order valence-electron chi connectivity index (χ4n) is 3.19. The number of carbonyl (C=O) groups is 2. The summed E-state index contributed by atoms with van der Waals surface area (Å²) >= 11 is 1.20. The Morgan fingerprint density at radius 1 is 1.12 bits per heavy atom. The first-order valence-electron chi connectivity index (χ1n) is 10.5. The SMILES string of the molecule is CCOC(=O)c1c(-c2ccc(OC)cc2)csc1NC(=O)/C(C#N)=C\c1ccc(N(C)C)cc1. The molecule has 2 aromatic carbocycles. The van der Waals surface area contributed by atoms with E-state index in [-0.39, 0.29) is 17.7 Å². The summed E-state index contributed by atoms with van der Waals surface area (Å²) in [5.41, 5.74) is 3.29. The van der Waals surface area contributed by atoms with E-state index in [0.29, 0.717) is 21.9 Å². The highest BCUT2D eigenvalue weighted by Gasteiger charge is 2.24. The molecule has 3 aromatic rings.